The van der Waals surface area contributed by atoms with Crippen molar-refractivity contribution in [3.8, 4) is 11.5 Å². The molecule has 0 aliphatic carbocycles. The maximum absolute atomic E-state index is 13.4. The number of hydrogen-bond acceptors (Lipinski definition) is 7. The lowest BCUT2D eigenvalue weighted by molar-refractivity contribution is -0.140. The molecule has 2 unspecified atom stereocenters. The number of rotatable bonds is 6. The van der Waals surface area contributed by atoms with Gasteiger partial charge >= 0.3 is 5.97 Å². The standard InChI is InChI=1S/C30H27NO7/c1-17-13-22-14-21(11-12-24(22)38-17)27(32)25-26(20-5-4-6-23(15-20)36-2)31(29(34)28(25)33)16-18-7-9-19(10-8-18)30(35)37-3/h4-12,14-15,17,26,32H,13,16H2,1-3H3/b27-25-. The molecule has 0 bridgehead atoms. The molecule has 194 valence electrons. The van der Waals surface area contributed by atoms with Crippen molar-refractivity contribution in [2.45, 2.75) is 32.0 Å². The number of amides is 1. The van der Waals surface area contributed by atoms with E-state index in [2.05, 4.69) is 0 Å². The summed E-state index contributed by atoms with van der Waals surface area (Å²) in [7, 11) is 2.84. The molecule has 3 aromatic carbocycles. The summed E-state index contributed by atoms with van der Waals surface area (Å²) in [4.78, 5) is 40.0. The number of aliphatic hydroxyl groups excluding tert-OH is 1. The first-order valence-corrected chi connectivity index (χ1v) is 12.2. The zero-order chi connectivity index (χ0) is 27.0. The fraction of sp³-hybridized carbons (Fsp3) is 0.233. The van der Waals surface area contributed by atoms with Crippen LogP contribution in [0.25, 0.3) is 5.76 Å². The zero-order valence-electron chi connectivity index (χ0n) is 21.3. The van der Waals surface area contributed by atoms with Crippen molar-refractivity contribution in [1.82, 2.24) is 4.90 Å². The van der Waals surface area contributed by atoms with Gasteiger partial charge < -0.3 is 24.2 Å². The fourth-order valence-corrected chi connectivity index (χ4v) is 4.99. The number of hydrogen-bond donors (Lipinski definition) is 1. The molecule has 8 nitrogen and oxygen atoms in total. The zero-order valence-corrected chi connectivity index (χ0v) is 21.3. The lowest BCUT2D eigenvalue weighted by Crippen LogP contribution is -2.29. The SMILES string of the molecule is COC(=O)c1ccc(CN2C(=O)C(=O)/C(=C(\O)c3ccc4c(c3)CC(C)O4)C2c2cccc(OC)c2)cc1. The Labute approximate surface area is 220 Å². The van der Waals surface area contributed by atoms with E-state index in [4.69, 9.17) is 14.2 Å². The Hall–Kier alpha value is -4.59. The number of Topliss-reactive ketones (excluding diaryl/α,β-unsaturated/α-hetero) is 1. The average molecular weight is 514 g/mol. The van der Waals surface area contributed by atoms with Gasteiger partial charge in [0.15, 0.2) is 0 Å². The maximum Gasteiger partial charge on any atom is 0.337 e. The molecule has 8 heteroatoms. The Morgan fingerprint density at radius 2 is 1.76 bits per heavy atom. The number of carbonyl (C=O) groups is 3. The predicted octanol–water partition coefficient (Wildman–Crippen LogP) is 4.43. The van der Waals surface area contributed by atoms with E-state index >= 15 is 0 Å². The number of ether oxygens (including phenoxy) is 3. The van der Waals surface area contributed by atoms with E-state index < -0.39 is 23.7 Å². The lowest BCUT2D eigenvalue weighted by Gasteiger charge is -2.26. The van der Waals surface area contributed by atoms with Gasteiger partial charge in [0.25, 0.3) is 11.7 Å². The van der Waals surface area contributed by atoms with Crippen molar-refractivity contribution in [3.63, 3.8) is 0 Å². The molecule has 2 atom stereocenters. The number of esters is 1. The molecular formula is C30H27NO7. The first-order valence-electron chi connectivity index (χ1n) is 12.2. The number of aliphatic hydroxyl groups is 1. The molecule has 38 heavy (non-hydrogen) atoms. The molecule has 1 N–H and O–H groups in total. The van der Waals surface area contributed by atoms with E-state index in [1.807, 2.05) is 6.92 Å². The van der Waals surface area contributed by atoms with Crippen LogP contribution in [0, 0.1) is 0 Å². The summed E-state index contributed by atoms with van der Waals surface area (Å²) in [6.07, 6.45) is 0.710. The van der Waals surface area contributed by atoms with Gasteiger partial charge in [-0.2, -0.15) is 0 Å². The number of likely N-dealkylation sites (tertiary alicyclic amines) is 1. The number of benzene rings is 3. The normalized spacial score (nSPS) is 19.7. The number of fused-ring (bicyclic) bond motifs is 1. The molecule has 0 spiro atoms. The van der Waals surface area contributed by atoms with Gasteiger partial charge in [0, 0.05) is 18.5 Å². The summed E-state index contributed by atoms with van der Waals surface area (Å²) in [6, 6.07) is 18.1. The highest BCUT2D eigenvalue weighted by Gasteiger charge is 2.46. The Kier molecular flexibility index (Phi) is 6.63. The number of ketones is 1. The summed E-state index contributed by atoms with van der Waals surface area (Å²) in [6.45, 7) is 2.05. The molecule has 5 rings (SSSR count). The summed E-state index contributed by atoms with van der Waals surface area (Å²) >= 11 is 0. The molecule has 2 heterocycles. The Morgan fingerprint density at radius 3 is 2.47 bits per heavy atom. The maximum atomic E-state index is 13.4. The van der Waals surface area contributed by atoms with E-state index in [9.17, 15) is 19.5 Å². The van der Waals surface area contributed by atoms with Gasteiger partial charge in [0.2, 0.25) is 0 Å². The minimum atomic E-state index is -0.853. The first-order chi connectivity index (χ1) is 18.3. The van der Waals surface area contributed by atoms with Crippen molar-refractivity contribution in [3.05, 3.63) is 100 Å². The molecule has 1 amide bonds. The minimum absolute atomic E-state index is 0.00125. The predicted molar refractivity (Wildman–Crippen MR) is 139 cm³/mol. The van der Waals surface area contributed by atoms with Crippen LogP contribution in [0.4, 0.5) is 0 Å². The van der Waals surface area contributed by atoms with E-state index in [0.29, 0.717) is 34.4 Å². The molecule has 1 fully saturated rings. The van der Waals surface area contributed by atoms with Crippen LogP contribution in [0.1, 0.15) is 45.6 Å². The number of carbonyl (C=O) groups excluding carboxylic acids is 3. The lowest BCUT2D eigenvalue weighted by atomic mass is 9.94. The molecule has 0 aromatic heterocycles. The van der Waals surface area contributed by atoms with E-state index in [1.54, 1.807) is 66.7 Å². The smallest absolute Gasteiger partial charge is 0.337 e. The summed E-state index contributed by atoms with van der Waals surface area (Å²) in [5.41, 5.74) is 3.07. The molecule has 0 radical (unpaired) electrons. The van der Waals surface area contributed by atoms with Gasteiger partial charge in [-0.15, -0.1) is 0 Å². The molecule has 1 saturated heterocycles. The average Bonchev–Trinajstić information content (AvgIpc) is 3.43. The largest absolute Gasteiger partial charge is 0.507 e. The molecule has 3 aromatic rings. The van der Waals surface area contributed by atoms with Crippen molar-refractivity contribution in [1.29, 1.82) is 0 Å². The number of nitrogens with zero attached hydrogens (tertiary/aromatic N) is 1. The number of methoxy groups -OCH3 is 2. The second-order valence-electron chi connectivity index (χ2n) is 9.35. The summed E-state index contributed by atoms with van der Waals surface area (Å²) in [5, 5.41) is 11.4. The van der Waals surface area contributed by atoms with E-state index in [1.165, 1.54) is 19.1 Å². The third-order valence-corrected chi connectivity index (χ3v) is 6.85. The van der Waals surface area contributed by atoms with E-state index in [-0.39, 0.29) is 24.0 Å². The van der Waals surface area contributed by atoms with Crippen LogP contribution in [0.5, 0.6) is 11.5 Å². The Bertz CT molecular complexity index is 1460. The molecule has 2 aliphatic heterocycles. The third-order valence-electron chi connectivity index (χ3n) is 6.85. The Morgan fingerprint density at radius 1 is 1.03 bits per heavy atom. The van der Waals surface area contributed by atoms with Gasteiger partial charge in [-0.3, -0.25) is 9.59 Å². The van der Waals surface area contributed by atoms with Gasteiger partial charge in [-0.25, -0.2) is 4.79 Å². The summed E-state index contributed by atoms with van der Waals surface area (Å²) in [5.74, 6) is -0.917. The van der Waals surface area contributed by atoms with Crippen molar-refractivity contribution < 1.29 is 33.7 Å². The first kappa shape index (κ1) is 25.1. The van der Waals surface area contributed by atoms with Crippen LogP contribution < -0.4 is 9.47 Å². The highest BCUT2D eigenvalue weighted by atomic mass is 16.5. The fourth-order valence-electron chi connectivity index (χ4n) is 4.99. The minimum Gasteiger partial charge on any atom is -0.507 e. The van der Waals surface area contributed by atoms with Crippen molar-refractivity contribution in [2.24, 2.45) is 0 Å². The topological polar surface area (TPSA) is 102 Å². The second-order valence-corrected chi connectivity index (χ2v) is 9.35. The van der Waals surface area contributed by atoms with E-state index in [0.717, 1.165) is 11.3 Å². The molecule has 0 saturated carbocycles. The monoisotopic (exact) mass is 513 g/mol. The van der Waals surface area contributed by atoms with Crippen LogP contribution in [-0.4, -0.2) is 48.0 Å². The van der Waals surface area contributed by atoms with Gasteiger partial charge in [0.1, 0.15) is 23.4 Å². The second kappa shape index (κ2) is 10.0. The molecule has 2 aliphatic rings. The third kappa shape index (κ3) is 4.49. The van der Waals surface area contributed by atoms with Crippen molar-refractivity contribution in [2.75, 3.05) is 14.2 Å². The van der Waals surface area contributed by atoms with Gasteiger partial charge in [-0.1, -0.05) is 24.3 Å². The summed E-state index contributed by atoms with van der Waals surface area (Å²) < 4.78 is 15.9. The van der Waals surface area contributed by atoms with Crippen LogP contribution in [0.3, 0.4) is 0 Å². The van der Waals surface area contributed by atoms with Crippen LogP contribution >= 0.6 is 0 Å². The van der Waals surface area contributed by atoms with Crippen molar-refractivity contribution >= 4 is 23.4 Å². The van der Waals surface area contributed by atoms with Crippen LogP contribution in [-0.2, 0) is 27.3 Å². The Balaban J connectivity index is 1.59. The van der Waals surface area contributed by atoms with Gasteiger partial charge in [0.05, 0.1) is 31.4 Å². The van der Waals surface area contributed by atoms with Crippen LogP contribution in [0.2, 0.25) is 0 Å². The molecular weight excluding hydrogens is 486 g/mol. The quantitative estimate of drug-likeness (QED) is 0.225. The van der Waals surface area contributed by atoms with Crippen LogP contribution in [0.15, 0.2) is 72.3 Å². The highest BCUT2D eigenvalue weighted by molar-refractivity contribution is 6.46. The van der Waals surface area contributed by atoms with Gasteiger partial charge in [-0.05, 0) is 66.1 Å². The highest BCUT2D eigenvalue weighted by Crippen LogP contribution is 2.42.